The topological polar surface area (TPSA) is 64.0 Å². The summed E-state index contributed by atoms with van der Waals surface area (Å²) in [7, 11) is 0. The zero-order valence-corrected chi connectivity index (χ0v) is 14.6. The quantitative estimate of drug-likeness (QED) is 0.767. The average molecular weight is 353 g/mol. The van der Waals surface area contributed by atoms with Crippen LogP contribution in [0.2, 0.25) is 0 Å². The molecule has 1 aliphatic rings. The summed E-state index contributed by atoms with van der Waals surface area (Å²) in [5.41, 5.74) is 0.840. The molecule has 0 radical (unpaired) electrons. The molecule has 1 N–H and O–H groups in total. The number of carbonyl (C=O) groups excluding carboxylic acids is 1. The summed E-state index contributed by atoms with van der Waals surface area (Å²) in [6, 6.07) is 11.9. The van der Waals surface area contributed by atoms with Crippen LogP contribution in [0.5, 0.6) is 0 Å². The standard InChI is InChI=1S/C19H19N3O2S/c23-16(21-19(9-4-10-19)14-5-2-1-3-6-14)7-11-22-13-20-17-15(18(22)24)8-12-25-17/h1-3,5-6,8,12-13H,4,7,9-11H2,(H,21,23). The lowest BCUT2D eigenvalue weighted by molar-refractivity contribution is -0.124. The van der Waals surface area contributed by atoms with Crippen LogP contribution in [0.1, 0.15) is 31.2 Å². The van der Waals surface area contributed by atoms with Gasteiger partial charge in [0, 0.05) is 13.0 Å². The molecule has 6 heteroatoms. The minimum Gasteiger partial charge on any atom is -0.347 e. The van der Waals surface area contributed by atoms with Crippen LogP contribution in [0, 0.1) is 0 Å². The molecule has 0 spiro atoms. The van der Waals surface area contributed by atoms with Crippen LogP contribution in [0.15, 0.2) is 52.9 Å². The predicted molar refractivity (Wildman–Crippen MR) is 98.6 cm³/mol. The molecule has 2 heterocycles. The number of hydrogen-bond donors (Lipinski definition) is 1. The number of aryl methyl sites for hydroxylation is 1. The lowest BCUT2D eigenvalue weighted by atomic mass is 9.71. The van der Waals surface area contributed by atoms with Gasteiger partial charge >= 0.3 is 0 Å². The lowest BCUT2D eigenvalue weighted by Gasteiger charge is -2.43. The van der Waals surface area contributed by atoms with E-state index in [-0.39, 0.29) is 23.4 Å². The Hall–Kier alpha value is -2.47. The maximum atomic E-state index is 12.5. The van der Waals surface area contributed by atoms with Gasteiger partial charge in [-0.05, 0) is 36.3 Å². The van der Waals surface area contributed by atoms with Gasteiger partial charge in [-0.15, -0.1) is 11.3 Å². The van der Waals surface area contributed by atoms with Crippen LogP contribution in [0.3, 0.4) is 0 Å². The molecule has 1 amide bonds. The average Bonchev–Trinajstić information content (AvgIpc) is 3.08. The minimum absolute atomic E-state index is 0.0270. The summed E-state index contributed by atoms with van der Waals surface area (Å²) in [5, 5.41) is 5.67. The van der Waals surface area contributed by atoms with E-state index in [1.54, 1.807) is 6.07 Å². The molecule has 4 rings (SSSR count). The minimum atomic E-state index is -0.237. The maximum Gasteiger partial charge on any atom is 0.262 e. The molecule has 0 bridgehead atoms. The molecule has 1 aromatic carbocycles. The highest BCUT2D eigenvalue weighted by Crippen LogP contribution is 2.41. The van der Waals surface area contributed by atoms with Crippen LogP contribution in [-0.4, -0.2) is 15.5 Å². The van der Waals surface area contributed by atoms with Crippen molar-refractivity contribution in [1.82, 2.24) is 14.9 Å². The first-order valence-corrected chi connectivity index (χ1v) is 9.35. The van der Waals surface area contributed by atoms with E-state index in [1.807, 2.05) is 23.6 Å². The smallest absolute Gasteiger partial charge is 0.262 e. The van der Waals surface area contributed by atoms with Gasteiger partial charge in [-0.2, -0.15) is 0 Å². The van der Waals surface area contributed by atoms with E-state index in [0.717, 1.165) is 29.7 Å². The molecule has 5 nitrogen and oxygen atoms in total. The fourth-order valence-electron chi connectivity index (χ4n) is 3.38. The highest BCUT2D eigenvalue weighted by molar-refractivity contribution is 7.16. The summed E-state index contributed by atoms with van der Waals surface area (Å²) in [6.07, 6.45) is 4.85. The Kier molecular flexibility index (Phi) is 4.13. The summed E-state index contributed by atoms with van der Waals surface area (Å²) < 4.78 is 1.52. The zero-order valence-electron chi connectivity index (χ0n) is 13.8. The largest absolute Gasteiger partial charge is 0.347 e. The van der Waals surface area contributed by atoms with Gasteiger partial charge in [0.1, 0.15) is 4.83 Å². The third kappa shape index (κ3) is 2.98. The number of carbonyl (C=O) groups is 1. The number of rotatable bonds is 5. The first-order valence-electron chi connectivity index (χ1n) is 8.47. The van der Waals surface area contributed by atoms with Gasteiger partial charge in [-0.1, -0.05) is 30.3 Å². The lowest BCUT2D eigenvalue weighted by Crippen LogP contribution is -2.51. The summed E-state index contributed by atoms with van der Waals surface area (Å²) in [4.78, 5) is 29.9. The molecular weight excluding hydrogens is 334 g/mol. The van der Waals surface area contributed by atoms with E-state index >= 15 is 0 Å². The Morgan fingerprint density at radius 2 is 2.04 bits per heavy atom. The molecule has 0 atom stereocenters. The van der Waals surface area contributed by atoms with E-state index in [0.29, 0.717) is 11.9 Å². The molecule has 0 saturated heterocycles. The first-order chi connectivity index (χ1) is 12.2. The van der Waals surface area contributed by atoms with Gasteiger partial charge < -0.3 is 5.32 Å². The van der Waals surface area contributed by atoms with E-state index in [2.05, 4.69) is 22.4 Å². The Bertz CT molecular complexity index is 957. The third-order valence-electron chi connectivity index (χ3n) is 4.94. The predicted octanol–water partition coefficient (Wildman–Crippen LogP) is 3.04. The Labute approximate surface area is 149 Å². The highest BCUT2D eigenvalue weighted by atomic mass is 32.1. The van der Waals surface area contributed by atoms with Gasteiger partial charge in [-0.25, -0.2) is 4.98 Å². The maximum absolute atomic E-state index is 12.5. The van der Waals surface area contributed by atoms with Crippen molar-refractivity contribution in [2.24, 2.45) is 0 Å². The third-order valence-corrected chi connectivity index (χ3v) is 5.76. The van der Waals surface area contributed by atoms with Crippen molar-refractivity contribution in [2.45, 2.75) is 37.8 Å². The van der Waals surface area contributed by atoms with Crippen LogP contribution in [-0.2, 0) is 16.9 Å². The van der Waals surface area contributed by atoms with Gasteiger partial charge in [0.05, 0.1) is 17.3 Å². The zero-order chi connectivity index (χ0) is 17.3. The monoisotopic (exact) mass is 353 g/mol. The van der Waals surface area contributed by atoms with Crippen molar-refractivity contribution < 1.29 is 4.79 Å². The van der Waals surface area contributed by atoms with Crippen molar-refractivity contribution >= 4 is 27.5 Å². The normalized spacial score (nSPS) is 15.7. The molecule has 1 aliphatic carbocycles. The molecule has 1 fully saturated rings. The molecule has 1 saturated carbocycles. The summed E-state index contributed by atoms with van der Waals surface area (Å²) >= 11 is 1.45. The number of hydrogen-bond acceptors (Lipinski definition) is 4. The molecule has 128 valence electrons. The van der Waals surface area contributed by atoms with Gasteiger partial charge in [0.2, 0.25) is 5.91 Å². The Morgan fingerprint density at radius 3 is 2.76 bits per heavy atom. The van der Waals surface area contributed by atoms with Gasteiger partial charge in [-0.3, -0.25) is 14.2 Å². The first kappa shape index (κ1) is 16.0. The van der Waals surface area contributed by atoms with Gasteiger partial charge in [0.15, 0.2) is 0 Å². The Morgan fingerprint density at radius 1 is 1.24 bits per heavy atom. The van der Waals surface area contributed by atoms with E-state index in [9.17, 15) is 9.59 Å². The number of benzene rings is 1. The van der Waals surface area contributed by atoms with Crippen molar-refractivity contribution in [1.29, 1.82) is 0 Å². The number of amides is 1. The van der Waals surface area contributed by atoms with Gasteiger partial charge in [0.25, 0.3) is 5.56 Å². The molecular formula is C19H19N3O2S. The SMILES string of the molecule is O=C(CCn1cnc2sccc2c1=O)NC1(c2ccccc2)CCC1. The highest BCUT2D eigenvalue weighted by Gasteiger charge is 2.39. The van der Waals surface area contributed by atoms with E-state index in [4.69, 9.17) is 0 Å². The van der Waals surface area contributed by atoms with Crippen molar-refractivity contribution in [3.63, 3.8) is 0 Å². The van der Waals surface area contributed by atoms with Crippen molar-refractivity contribution in [3.05, 3.63) is 64.0 Å². The number of aromatic nitrogens is 2. The number of nitrogens with one attached hydrogen (secondary N) is 1. The number of thiophene rings is 1. The second-order valence-corrected chi connectivity index (χ2v) is 7.38. The number of fused-ring (bicyclic) bond motifs is 1. The second-order valence-electron chi connectivity index (χ2n) is 6.48. The van der Waals surface area contributed by atoms with E-state index < -0.39 is 0 Å². The molecule has 0 aliphatic heterocycles. The van der Waals surface area contributed by atoms with Crippen molar-refractivity contribution in [3.8, 4) is 0 Å². The Balaban J connectivity index is 1.45. The molecule has 2 aromatic heterocycles. The van der Waals surface area contributed by atoms with Crippen LogP contribution in [0.4, 0.5) is 0 Å². The fraction of sp³-hybridized carbons (Fsp3) is 0.316. The van der Waals surface area contributed by atoms with Crippen molar-refractivity contribution in [2.75, 3.05) is 0 Å². The molecule has 25 heavy (non-hydrogen) atoms. The van der Waals surface area contributed by atoms with Crippen LogP contribution < -0.4 is 10.9 Å². The van der Waals surface area contributed by atoms with Crippen LogP contribution >= 0.6 is 11.3 Å². The van der Waals surface area contributed by atoms with E-state index in [1.165, 1.54) is 22.2 Å². The summed E-state index contributed by atoms with van der Waals surface area (Å²) in [6.45, 7) is 0.342. The molecule has 0 unspecified atom stereocenters. The second kappa shape index (κ2) is 6.44. The van der Waals surface area contributed by atoms with Crippen LogP contribution in [0.25, 0.3) is 10.2 Å². The number of nitrogens with zero attached hydrogens (tertiary/aromatic N) is 2. The molecule has 3 aromatic rings. The summed E-state index contributed by atoms with van der Waals surface area (Å²) in [5.74, 6) is -0.0270. The fourth-order valence-corrected chi connectivity index (χ4v) is 4.10.